The number of rotatable bonds is 5. The highest BCUT2D eigenvalue weighted by molar-refractivity contribution is 6.08. The summed E-state index contributed by atoms with van der Waals surface area (Å²) in [6.45, 7) is 1.84. The normalized spacial score (nSPS) is 11.5. The molecule has 11 heteroatoms. The fourth-order valence-corrected chi connectivity index (χ4v) is 2.72. The fraction of sp³-hybridized carbons (Fsp3) is 0.167. The predicted molar refractivity (Wildman–Crippen MR) is 105 cm³/mol. The second kappa shape index (κ2) is 8.25. The van der Waals surface area contributed by atoms with Gasteiger partial charge in [-0.25, -0.2) is 14.6 Å². The molecule has 2 heterocycles. The lowest BCUT2D eigenvalue weighted by molar-refractivity contribution is 0.207. The van der Waals surface area contributed by atoms with Gasteiger partial charge in [0.25, 0.3) is 0 Å². The smallest absolute Gasteiger partial charge is 0.411 e. The van der Waals surface area contributed by atoms with Crippen LogP contribution in [0.4, 0.5) is 15.4 Å². The molecule has 29 heavy (non-hydrogen) atoms. The summed E-state index contributed by atoms with van der Waals surface area (Å²) in [6.07, 6.45) is -1.17. The number of H-pyrrole nitrogens is 1. The summed E-state index contributed by atoms with van der Waals surface area (Å²) in [5.41, 5.74) is 6.26. The Hall–Kier alpha value is -4.15. The van der Waals surface area contributed by atoms with Crippen LogP contribution in [0, 0.1) is 5.41 Å². The topological polar surface area (TPSA) is 168 Å². The summed E-state index contributed by atoms with van der Waals surface area (Å²) in [4.78, 5) is 27.6. The van der Waals surface area contributed by atoms with Crippen LogP contribution >= 0.6 is 0 Å². The van der Waals surface area contributed by atoms with E-state index in [0.29, 0.717) is 10.9 Å². The molecule has 150 valence electrons. The molecule has 1 unspecified atom stereocenters. The van der Waals surface area contributed by atoms with E-state index >= 15 is 0 Å². The van der Waals surface area contributed by atoms with Crippen LogP contribution in [0.15, 0.2) is 36.4 Å². The molecule has 3 aromatic rings. The fourth-order valence-electron chi connectivity index (χ4n) is 2.72. The largest absolute Gasteiger partial charge is 0.479 e. The van der Waals surface area contributed by atoms with Crippen LogP contribution in [-0.4, -0.2) is 40.3 Å². The number of hydrogen-bond acceptors (Lipinski definition) is 7. The lowest BCUT2D eigenvalue weighted by atomic mass is 10.1. The zero-order valence-electron chi connectivity index (χ0n) is 15.6. The molecule has 0 radical (unpaired) electrons. The van der Waals surface area contributed by atoms with Crippen LogP contribution in [0.1, 0.15) is 24.2 Å². The van der Waals surface area contributed by atoms with Crippen LogP contribution in [-0.2, 0) is 4.74 Å². The number of urea groups is 1. The Morgan fingerprint density at radius 1 is 1.28 bits per heavy atom. The van der Waals surface area contributed by atoms with Crippen molar-refractivity contribution in [3.05, 3.63) is 47.7 Å². The lowest BCUT2D eigenvalue weighted by Gasteiger charge is -2.15. The second-order valence-corrected chi connectivity index (χ2v) is 5.99. The monoisotopic (exact) mass is 397 g/mol. The molecule has 1 aromatic carbocycles. The van der Waals surface area contributed by atoms with Crippen LogP contribution < -0.4 is 21.1 Å². The highest BCUT2D eigenvalue weighted by Gasteiger charge is 2.21. The van der Waals surface area contributed by atoms with Crippen LogP contribution in [0.5, 0.6) is 5.88 Å². The molecule has 0 saturated heterocycles. The van der Waals surface area contributed by atoms with Crippen molar-refractivity contribution < 1.29 is 19.1 Å². The summed E-state index contributed by atoms with van der Waals surface area (Å²) in [5, 5.41) is 20.3. The van der Waals surface area contributed by atoms with Crippen molar-refractivity contribution in [3.63, 3.8) is 0 Å². The first-order valence-electron chi connectivity index (χ1n) is 8.50. The van der Waals surface area contributed by atoms with Gasteiger partial charge >= 0.3 is 12.1 Å². The van der Waals surface area contributed by atoms with E-state index < -0.39 is 18.0 Å². The van der Waals surface area contributed by atoms with Gasteiger partial charge in [-0.05, 0) is 12.5 Å². The SMILES string of the molecule is COc1n[nH]c2cc(NC(=O)NC(C)c3ccccc3)nc(C(=N)OC(N)=O)c12. The van der Waals surface area contributed by atoms with Gasteiger partial charge in [-0.3, -0.25) is 15.8 Å². The molecule has 0 aliphatic rings. The molecule has 2 aromatic heterocycles. The van der Waals surface area contributed by atoms with Gasteiger partial charge in [-0.2, -0.15) is 0 Å². The molecule has 0 aliphatic carbocycles. The minimum absolute atomic E-state index is 0.0710. The van der Waals surface area contributed by atoms with Crippen molar-refractivity contribution in [2.24, 2.45) is 5.73 Å². The molecular formula is C18H19N7O4. The Balaban J connectivity index is 1.86. The van der Waals surface area contributed by atoms with Crippen molar-refractivity contribution in [1.82, 2.24) is 20.5 Å². The number of pyridine rings is 1. The standard InChI is InChI=1S/C18H19N7O4/c1-9(10-6-4-3-5-7-10)21-18(27)23-12-8-11-13(16(28-2)25-24-11)14(22-12)15(19)29-17(20)26/h3-9,19H,1-2H3,(H2,20,26)(H,24,25)(H2,21,22,23,27). The maximum absolute atomic E-state index is 12.4. The zero-order chi connectivity index (χ0) is 21.0. The van der Waals surface area contributed by atoms with Gasteiger partial charge < -0.3 is 20.5 Å². The van der Waals surface area contributed by atoms with Crippen molar-refractivity contribution >= 4 is 34.7 Å². The Kier molecular flexibility index (Phi) is 5.58. The summed E-state index contributed by atoms with van der Waals surface area (Å²) in [7, 11) is 1.39. The van der Waals surface area contributed by atoms with E-state index in [1.165, 1.54) is 13.2 Å². The average molecular weight is 397 g/mol. The number of primary amides is 1. The molecule has 1 atom stereocenters. The third kappa shape index (κ3) is 4.40. The number of carbonyl (C=O) groups is 2. The van der Waals surface area contributed by atoms with Crippen LogP contribution in [0.2, 0.25) is 0 Å². The Bertz CT molecular complexity index is 1060. The van der Waals surface area contributed by atoms with E-state index in [0.717, 1.165) is 5.56 Å². The first-order chi connectivity index (χ1) is 13.9. The molecule has 3 rings (SSSR count). The van der Waals surface area contributed by atoms with E-state index in [-0.39, 0.29) is 23.4 Å². The number of benzene rings is 1. The summed E-state index contributed by atoms with van der Waals surface area (Å²) in [5.74, 6) is -0.354. The second-order valence-electron chi connectivity index (χ2n) is 5.99. The third-order valence-electron chi connectivity index (χ3n) is 4.01. The van der Waals surface area contributed by atoms with Gasteiger partial charge in [-0.15, -0.1) is 5.10 Å². The average Bonchev–Trinajstić information content (AvgIpc) is 3.10. The lowest BCUT2D eigenvalue weighted by Crippen LogP contribution is -2.31. The molecule has 0 fully saturated rings. The Labute approximate surface area is 165 Å². The number of nitrogens with zero attached hydrogens (tertiary/aromatic N) is 2. The van der Waals surface area contributed by atoms with Crippen molar-refractivity contribution in [1.29, 1.82) is 5.41 Å². The van der Waals surface area contributed by atoms with E-state index in [2.05, 4.69) is 30.6 Å². The van der Waals surface area contributed by atoms with Gasteiger partial charge in [0.15, 0.2) is 0 Å². The highest BCUT2D eigenvalue weighted by atomic mass is 16.6. The number of hydrogen-bond donors (Lipinski definition) is 5. The molecule has 6 N–H and O–H groups in total. The van der Waals surface area contributed by atoms with Crippen molar-refractivity contribution in [2.75, 3.05) is 12.4 Å². The summed E-state index contributed by atoms with van der Waals surface area (Å²) < 4.78 is 9.77. The molecule has 0 aliphatic heterocycles. The molecule has 11 nitrogen and oxygen atoms in total. The summed E-state index contributed by atoms with van der Waals surface area (Å²) in [6, 6.07) is 10.2. The third-order valence-corrected chi connectivity index (χ3v) is 4.01. The number of fused-ring (bicyclic) bond motifs is 1. The number of methoxy groups -OCH3 is 1. The predicted octanol–water partition coefficient (Wildman–Crippen LogP) is 2.27. The van der Waals surface area contributed by atoms with Gasteiger partial charge in [0.2, 0.25) is 11.8 Å². The number of anilines is 1. The summed E-state index contributed by atoms with van der Waals surface area (Å²) >= 11 is 0. The quantitative estimate of drug-likeness (QED) is 0.327. The zero-order valence-corrected chi connectivity index (χ0v) is 15.6. The first kappa shape index (κ1) is 19.6. The number of nitrogens with two attached hydrogens (primary N) is 1. The molecule has 3 amide bonds. The number of aromatic amines is 1. The van der Waals surface area contributed by atoms with E-state index in [1.807, 2.05) is 37.3 Å². The number of carbonyl (C=O) groups excluding carboxylic acids is 2. The molecule has 0 spiro atoms. The molecular weight excluding hydrogens is 378 g/mol. The maximum Gasteiger partial charge on any atom is 0.411 e. The van der Waals surface area contributed by atoms with Crippen LogP contribution in [0.3, 0.4) is 0 Å². The van der Waals surface area contributed by atoms with Crippen molar-refractivity contribution in [2.45, 2.75) is 13.0 Å². The molecule has 0 saturated carbocycles. The molecule has 0 bridgehead atoms. The Morgan fingerprint density at radius 3 is 2.66 bits per heavy atom. The van der Waals surface area contributed by atoms with Gasteiger partial charge in [-0.1, -0.05) is 30.3 Å². The van der Waals surface area contributed by atoms with Crippen LogP contribution in [0.25, 0.3) is 10.9 Å². The van der Waals surface area contributed by atoms with E-state index in [1.54, 1.807) is 0 Å². The maximum atomic E-state index is 12.4. The van der Waals surface area contributed by atoms with Gasteiger partial charge in [0.1, 0.15) is 11.5 Å². The number of ether oxygens (including phenoxy) is 2. The van der Waals surface area contributed by atoms with Crippen molar-refractivity contribution in [3.8, 4) is 5.88 Å². The van der Waals surface area contributed by atoms with E-state index in [9.17, 15) is 9.59 Å². The number of nitrogens with one attached hydrogen (secondary N) is 4. The van der Waals surface area contributed by atoms with Gasteiger partial charge in [0, 0.05) is 6.07 Å². The minimum Gasteiger partial charge on any atom is -0.479 e. The number of aromatic nitrogens is 3. The van der Waals surface area contributed by atoms with Gasteiger partial charge in [0.05, 0.1) is 24.1 Å². The highest BCUT2D eigenvalue weighted by Crippen LogP contribution is 2.28. The van der Waals surface area contributed by atoms with E-state index in [4.69, 9.17) is 15.9 Å². The first-order valence-corrected chi connectivity index (χ1v) is 8.50. The minimum atomic E-state index is -1.17. The Morgan fingerprint density at radius 2 is 2.00 bits per heavy atom. The number of amides is 3.